The van der Waals surface area contributed by atoms with E-state index in [2.05, 4.69) is 20.1 Å². The van der Waals surface area contributed by atoms with Gasteiger partial charge < -0.3 is 9.57 Å². The second-order valence-corrected chi connectivity index (χ2v) is 7.10. The fourth-order valence-electron chi connectivity index (χ4n) is 3.06. The number of nitrogens with zero attached hydrogens (tertiary/aromatic N) is 5. The maximum absolute atomic E-state index is 5.48. The van der Waals surface area contributed by atoms with Crippen molar-refractivity contribution in [2.24, 2.45) is 5.16 Å². The SMILES string of the molecule is COc1cc(C)nc(-c2cccc(CCCO/N=C(\C)c3cc(C)nc(C)n3)n2)c1. The summed E-state index contributed by atoms with van der Waals surface area (Å²) >= 11 is 0. The molecule has 3 aromatic rings. The first-order valence-electron chi connectivity index (χ1n) is 9.93. The number of ether oxygens (including phenoxy) is 1. The van der Waals surface area contributed by atoms with Crippen LogP contribution in [-0.2, 0) is 11.3 Å². The zero-order chi connectivity index (χ0) is 21.5. The predicted octanol–water partition coefficient (Wildman–Crippen LogP) is 4.24. The monoisotopic (exact) mass is 405 g/mol. The van der Waals surface area contributed by atoms with Crippen molar-refractivity contribution in [1.29, 1.82) is 0 Å². The van der Waals surface area contributed by atoms with Gasteiger partial charge in [0.25, 0.3) is 0 Å². The first kappa shape index (κ1) is 21.4. The number of rotatable bonds is 8. The molecule has 7 heteroatoms. The van der Waals surface area contributed by atoms with Crippen molar-refractivity contribution in [3.05, 3.63) is 65.0 Å². The van der Waals surface area contributed by atoms with E-state index in [1.54, 1.807) is 7.11 Å². The van der Waals surface area contributed by atoms with Crippen LogP contribution in [0.5, 0.6) is 5.75 Å². The van der Waals surface area contributed by atoms with Crippen LogP contribution in [0.15, 0.2) is 41.6 Å². The van der Waals surface area contributed by atoms with Gasteiger partial charge in [0.2, 0.25) is 0 Å². The standard InChI is InChI=1S/C23H27N5O2/c1-15-12-20(29-5)14-23(25-15)21-10-6-8-19(27-21)9-7-11-30-28-17(3)22-13-16(2)24-18(4)26-22/h6,8,10,12-14H,7,9,11H2,1-5H3/b28-17+. The second-order valence-electron chi connectivity index (χ2n) is 7.10. The molecule has 0 aliphatic rings. The average Bonchev–Trinajstić information content (AvgIpc) is 2.72. The van der Waals surface area contributed by atoms with Gasteiger partial charge in [-0.05, 0) is 58.7 Å². The smallest absolute Gasteiger partial charge is 0.126 e. The summed E-state index contributed by atoms with van der Waals surface area (Å²) in [4.78, 5) is 23.5. The van der Waals surface area contributed by atoms with Crippen molar-refractivity contribution in [3.8, 4) is 17.1 Å². The van der Waals surface area contributed by atoms with Gasteiger partial charge in [-0.25, -0.2) is 9.97 Å². The number of aryl methyl sites for hydroxylation is 4. The summed E-state index contributed by atoms with van der Waals surface area (Å²) in [7, 11) is 1.65. The first-order chi connectivity index (χ1) is 14.4. The van der Waals surface area contributed by atoms with Crippen LogP contribution >= 0.6 is 0 Å². The molecule has 30 heavy (non-hydrogen) atoms. The number of hydrogen-bond acceptors (Lipinski definition) is 7. The Morgan fingerprint density at radius 3 is 2.50 bits per heavy atom. The molecule has 3 heterocycles. The number of methoxy groups -OCH3 is 1. The molecule has 0 aliphatic carbocycles. The molecular weight excluding hydrogens is 378 g/mol. The Bertz CT molecular complexity index is 1030. The minimum Gasteiger partial charge on any atom is -0.497 e. The van der Waals surface area contributed by atoms with Crippen molar-refractivity contribution in [3.63, 3.8) is 0 Å². The van der Waals surface area contributed by atoms with Crippen LogP contribution in [0.1, 0.15) is 41.9 Å². The van der Waals surface area contributed by atoms with Gasteiger partial charge in [0, 0.05) is 29.2 Å². The Hall–Kier alpha value is -3.35. The summed E-state index contributed by atoms with van der Waals surface area (Å²) in [5.41, 5.74) is 5.96. The van der Waals surface area contributed by atoms with Gasteiger partial charge in [0.05, 0.1) is 24.2 Å². The Morgan fingerprint density at radius 2 is 1.73 bits per heavy atom. The minimum absolute atomic E-state index is 0.503. The lowest BCUT2D eigenvalue weighted by Gasteiger charge is -2.07. The summed E-state index contributed by atoms with van der Waals surface area (Å²) in [5.74, 6) is 1.51. The lowest BCUT2D eigenvalue weighted by molar-refractivity contribution is 0.141. The van der Waals surface area contributed by atoms with Gasteiger partial charge in [-0.2, -0.15) is 0 Å². The molecule has 0 bridgehead atoms. The van der Waals surface area contributed by atoms with E-state index < -0.39 is 0 Å². The number of aromatic nitrogens is 4. The number of pyridine rings is 2. The topological polar surface area (TPSA) is 82.4 Å². The van der Waals surface area contributed by atoms with Crippen LogP contribution < -0.4 is 4.74 Å². The van der Waals surface area contributed by atoms with E-state index in [4.69, 9.17) is 14.6 Å². The molecule has 0 N–H and O–H groups in total. The van der Waals surface area contributed by atoms with E-state index in [1.807, 2.05) is 64.1 Å². The molecule has 0 saturated carbocycles. The predicted molar refractivity (Wildman–Crippen MR) is 117 cm³/mol. The maximum atomic E-state index is 5.48. The third kappa shape index (κ3) is 5.83. The summed E-state index contributed by atoms with van der Waals surface area (Å²) < 4.78 is 5.34. The highest BCUT2D eigenvalue weighted by molar-refractivity contribution is 5.96. The third-order valence-corrected chi connectivity index (χ3v) is 4.44. The van der Waals surface area contributed by atoms with Crippen molar-refractivity contribution in [2.45, 2.75) is 40.5 Å². The summed E-state index contributed by atoms with van der Waals surface area (Å²) in [6.45, 7) is 8.14. The third-order valence-electron chi connectivity index (χ3n) is 4.44. The van der Waals surface area contributed by atoms with Crippen molar-refractivity contribution >= 4 is 5.71 Å². The van der Waals surface area contributed by atoms with Gasteiger partial charge in [0.15, 0.2) is 0 Å². The normalized spacial score (nSPS) is 11.4. The molecule has 3 aromatic heterocycles. The molecule has 0 radical (unpaired) electrons. The molecule has 0 aliphatic heterocycles. The van der Waals surface area contributed by atoms with Crippen LogP contribution in [0.3, 0.4) is 0 Å². The summed E-state index contributed by atoms with van der Waals surface area (Å²) in [5, 5.41) is 4.18. The molecule has 0 fully saturated rings. The molecule has 0 atom stereocenters. The van der Waals surface area contributed by atoms with Crippen molar-refractivity contribution in [2.75, 3.05) is 13.7 Å². The van der Waals surface area contributed by atoms with Gasteiger partial charge >= 0.3 is 0 Å². The molecule has 156 valence electrons. The fourth-order valence-corrected chi connectivity index (χ4v) is 3.06. The van der Waals surface area contributed by atoms with Crippen LogP contribution in [0.2, 0.25) is 0 Å². The van der Waals surface area contributed by atoms with E-state index in [9.17, 15) is 0 Å². The highest BCUT2D eigenvalue weighted by Crippen LogP contribution is 2.22. The first-order valence-corrected chi connectivity index (χ1v) is 9.93. The van der Waals surface area contributed by atoms with Crippen LogP contribution in [-0.4, -0.2) is 39.4 Å². The highest BCUT2D eigenvalue weighted by Gasteiger charge is 2.07. The van der Waals surface area contributed by atoms with E-state index >= 15 is 0 Å². The molecule has 0 aromatic carbocycles. The Labute approximate surface area is 177 Å². The Kier molecular flexibility index (Phi) is 7.06. The van der Waals surface area contributed by atoms with E-state index in [-0.39, 0.29) is 0 Å². The summed E-state index contributed by atoms with van der Waals surface area (Å²) in [6, 6.07) is 11.7. The number of hydrogen-bond donors (Lipinski definition) is 0. The van der Waals surface area contributed by atoms with Crippen LogP contribution in [0.4, 0.5) is 0 Å². The lowest BCUT2D eigenvalue weighted by Crippen LogP contribution is -2.04. The molecule has 7 nitrogen and oxygen atoms in total. The van der Waals surface area contributed by atoms with E-state index in [1.165, 1.54) is 0 Å². The van der Waals surface area contributed by atoms with Gasteiger partial charge in [-0.15, -0.1) is 0 Å². The van der Waals surface area contributed by atoms with E-state index in [0.717, 1.165) is 64.3 Å². The molecule has 0 unspecified atom stereocenters. The zero-order valence-corrected chi connectivity index (χ0v) is 18.1. The second kappa shape index (κ2) is 9.91. The van der Waals surface area contributed by atoms with Crippen LogP contribution in [0.25, 0.3) is 11.4 Å². The Balaban J connectivity index is 1.57. The lowest BCUT2D eigenvalue weighted by atomic mass is 10.1. The maximum Gasteiger partial charge on any atom is 0.126 e. The molecular formula is C23H27N5O2. The minimum atomic E-state index is 0.503. The largest absolute Gasteiger partial charge is 0.497 e. The zero-order valence-electron chi connectivity index (χ0n) is 18.1. The fraction of sp³-hybridized carbons (Fsp3) is 0.348. The van der Waals surface area contributed by atoms with E-state index in [0.29, 0.717) is 6.61 Å². The van der Waals surface area contributed by atoms with Gasteiger partial charge in [-0.1, -0.05) is 11.2 Å². The quantitative estimate of drug-likeness (QED) is 0.317. The Morgan fingerprint density at radius 1 is 0.933 bits per heavy atom. The molecule has 0 spiro atoms. The number of oxime groups is 1. The average molecular weight is 406 g/mol. The van der Waals surface area contributed by atoms with Gasteiger partial charge in [0.1, 0.15) is 23.9 Å². The summed E-state index contributed by atoms with van der Waals surface area (Å²) in [6.07, 6.45) is 1.59. The van der Waals surface area contributed by atoms with Crippen molar-refractivity contribution in [1.82, 2.24) is 19.9 Å². The highest BCUT2D eigenvalue weighted by atomic mass is 16.6. The van der Waals surface area contributed by atoms with Gasteiger partial charge in [-0.3, -0.25) is 9.97 Å². The van der Waals surface area contributed by atoms with Crippen molar-refractivity contribution < 1.29 is 9.57 Å². The van der Waals surface area contributed by atoms with Crippen LogP contribution in [0, 0.1) is 20.8 Å². The molecule has 3 rings (SSSR count). The molecule has 0 amide bonds. The molecule has 0 saturated heterocycles.